The van der Waals surface area contributed by atoms with Crippen LogP contribution in [0.4, 0.5) is 8.78 Å². The summed E-state index contributed by atoms with van der Waals surface area (Å²) in [5, 5.41) is 9.11. The summed E-state index contributed by atoms with van der Waals surface area (Å²) >= 11 is 1.73. The highest BCUT2D eigenvalue weighted by molar-refractivity contribution is 14.1. The van der Waals surface area contributed by atoms with Crippen molar-refractivity contribution in [3.63, 3.8) is 0 Å². The number of ether oxygens (including phenoxy) is 1. The Hall–Kier alpha value is -0.660. The molecule has 0 saturated carbocycles. The first-order valence-corrected chi connectivity index (χ1v) is 4.35. The van der Waals surface area contributed by atoms with Gasteiger partial charge in [0.1, 0.15) is 9.45 Å². The predicted molar refractivity (Wildman–Crippen MR) is 50.1 cm³/mol. The van der Waals surface area contributed by atoms with Crippen molar-refractivity contribution in [2.45, 2.75) is 6.43 Å². The molecule has 13 heavy (non-hydrogen) atoms. The number of aromatic hydroxyl groups is 1. The van der Waals surface area contributed by atoms with E-state index in [-0.39, 0.29) is 15.3 Å². The standard InChI is InChI=1S/C7H6F2INO2/c1-13-7-3(5(8)9)2-4(12)6(10)11-7/h2,5,12H,1H3. The van der Waals surface area contributed by atoms with Gasteiger partial charge in [-0.2, -0.15) is 0 Å². The molecule has 0 fully saturated rings. The monoisotopic (exact) mass is 301 g/mol. The van der Waals surface area contributed by atoms with Crippen LogP contribution >= 0.6 is 22.6 Å². The number of halogens is 3. The third-order valence-electron chi connectivity index (χ3n) is 1.38. The molecule has 1 N–H and O–H groups in total. The number of rotatable bonds is 2. The molecule has 0 aromatic carbocycles. The lowest BCUT2D eigenvalue weighted by molar-refractivity contribution is 0.145. The minimum atomic E-state index is -2.70. The average molecular weight is 301 g/mol. The Balaban J connectivity index is 3.25. The van der Waals surface area contributed by atoms with E-state index in [1.165, 1.54) is 7.11 Å². The van der Waals surface area contributed by atoms with Crippen LogP contribution in [0.25, 0.3) is 0 Å². The number of pyridine rings is 1. The Morgan fingerprint density at radius 2 is 2.23 bits per heavy atom. The first kappa shape index (κ1) is 10.4. The molecule has 72 valence electrons. The van der Waals surface area contributed by atoms with Crippen molar-refractivity contribution in [3.8, 4) is 11.6 Å². The van der Waals surface area contributed by atoms with Gasteiger partial charge in [0, 0.05) is 0 Å². The number of nitrogens with zero attached hydrogens (tertiary/aromatic N) is 1. The molecular formula is C7H6F2INO2. The van der Waals surface area contributed by atoms with Gasteiger partial charge >= 0.3 is 0 Å². The summed E-state index contributed by atoms with van der Waals surface area (Å²) in [6.07, 6.45) is -2.70. The molecule has 1 heterocycles. The van der Waals surface area contributed by atoms with Gasteiger partial charge in [0.05, 0.1) is 12.7 Å². The van der Waals surface area contributed by atoms with Gasteiger partial charge in [-0.1, -0.05) is 0 Å². The number of aromatic nitrogens is 1. The Labute approximate surface area is 86.9 Å². The van der Waals surface area contributed by atoms with Crippen molar-refractivity contribution in [3.05, 3.63) is 15.3 Å². The van der Waals surface area contributed by atoms with Gasteiger partial charge in [-0.3, -0.25) is 0 Å². The van der Waals surface area contributed by atoms with Crippen LogP contribution < -0.4 is 4.74 Å². The molecule has 1 aromatic heterocycles. The summed E-state index contributed by atoms with van der Waals surface area (Å²) in [6.45, 7) is 0. The first-order valence-electron chi connectivity index (χ1n) is 3.27. The maximum Gasteiger partial charge on any atom is 0.269 e. The van der Waals surface area contributed by atoms with Crippen molar-refractivity contribution in [1.82, 2.24) is 4.98 Å². The summed E-state index contributed by atoms with van der Waals surface area (Å²) in [7, 11) is 1.25. The van der Waals surface area contributed by atoms with Crippen molar-refractivity contribution in [1.29, 1.82) is 0 Å². The second-order valence-electron chi connectivity index (χ2n) is 2.20. The van der Waals surface area contributed by atoms with Gasteiger partial charge in [0.25, 0.3) is 6.43 Å². The average Bonchev–Trinajstić information content (AvgIpc) is 2.08. The van der Waals surface area contributed by atoms with Crippen LogP contribution in [0, 0.1) is 3.70 Å². The van der Waals surface area contributed by atoms with E-state index in [1.54, 1.807) is 22.6 Å². The topological polar surface area (TPSA) is 42.4 Å². The molecule has 0 radical (unpaired) electrons. The maximum absolute atomic E-state index is 12.3. The molecule has 1 rings (SSSR count). The van der Waals surface area contributed by atoms with Gasteiger partial charge in [-0.25, -0.2) is 13.8 Å². The Morgan fingerprint density at radius 1 is 1.62 bits per heavy atom. The van der Waals surface area contributed by atoms with Crippen LogP contribution in [-0.4, -0.2) is 17.2 Å². The van der Waals surface area contributed by atoms with E-state index >= 15 is 0 Å². The van der Waals surface area contributed by atoms with Gasteiger partial charge in [-0.05, 0) is 28.7 Å². The zero-order chi connectivity index (χ0) is 10.0. The van der Waals surface area contributed by atoms with E-state index in [9.17, 15) is 8.78 Å². The van der Waals surface area contributed by atoms with Crippen LogP contribution in [0.2, 0.25) is 0 Å². The van der Waals surface area contributed by atoms with Gasteiger partial charge in [-0.15, -0.1) is 0 Å². The molecule has 0 spiro atoms. The fraction of sp³-hybridized carbons (Fsp3) is 0.286. The normalized spacial score (nSPS) is 10.5. The third kappa shape index (κ3) is 2.17. The third-order valence-corrected chi connectivity index (χ3v) is 2.17. The molecular weight excluding hydrogens is 295 g/mol. The highest BCUT2D eigenvalue weighted by Crippen LogP contribution is 2.32. The summed E-state index contributed by atoms with van der Waals surface area (Å²) in [5.74, 6) is -0.422. The largest absolute Gasteiger partial charge is 0.505 e. The smallest absolute Gasteiger partial charge is 0.269 e. The molecule has 0 amide bonds. The molecule has 0 bridgehead atoms. The van der Waals surface area contributed by atoms with Crippen molar-refractivity contribution in [2.24, 2.45) is 0 Å². The van der Waals surface area contributed by atoms with Crippen molar-refractivity contribution >= 4 is 22.6 Å². The van der Waals surface area contributed by atoms with E-state index in [4.69, 9.17) is 5.11 Å². The number of hydrogen-bond donors (Lipinski definition) is 1. The fourth-order valence-corrected chi connectivity index (χ4v) is 1.17. The lowest BCUT2D eigenvalue weighted by atomic mass is 10.3. The molecule has 0 aliphatic rings. The maximum atomic E-state index is 12.3. The van der Waals surface area contributed by atoms with Gasteiger partial charge < -0.3 is 9.84 Å². The second-order valence-corrected chi connectivity index (χ2v) is 3.22. The lowest BCUT2D eigenvalue weighted by Crippen LogP contribution is -1.97. The number of methoxy groups -OCH3 is 1. The Morgan fingerprint density at radius 3 is 2.69 bits per heavy atom. The molecule has 0 unspecified atom stereocenters. The van der Waals surface area contributed by atoms with Gasteiger partial charge in [0.15, 0.2) is 0 Å². The van der Waals surface area contributed by atoms with E-state index in [2.05, 4.69) is 9.72 Å². The van der Waals surface area contributed by atoms with Crippen molar-refractivity contribution < 1.29 is 18.6 Å². The molecule has 0 aliphatic heterocycles. The van der Waals surface area contributed by atoms with Crippen LogP contribution in [0.3, 0.4) is 0 Å². The molecule has 1 aromatic rings. The zero-order valence-electron chi connectivity index (χ0n) is 6.59. The van der Waals surface area contributed by atoms with Crippen LogP contribution in [-0.2, 0) is 0 Å². The SMILES string of the molecule is COc1nc(I)c(O)cc1C(F)F. The minimum absolute atomic E-state index is 0.155. The second kappa shape index (κ2) is 4.03. The Bertz CT molecular complexity index is 320. The summed E-state index contributed by atoms with van der Waals surface area (Å²) < 4.78 is 29.5. The highest BCUT2D eigenvalue weighted by Gasteiger charge is 2.17. The molecule has 0 atom stereocenters. The molecule has 6 heteroatoms. The number of alkyl halides is 2. The van der Waals surface area contributed by atoms with Gasteiger partial charge in [0.2, 0.25) is 5.88 Å². The minimum Gasteiger partial charge on any atom is -0.505 e. The lowest BCUT2D eigenvalue weighted by Gasteiger charge is -2.07. The number of hydrogen-bond acceptors (Lipinski definition) is 3. The Kier molecular flexibility index (Phi) is 3.23. The van der Waals surface area contributed by atoms with E-state index in [0.29, 0.717) is 0 Å². The summed E-state index contributed by atoms with van der Waals surface area (Å²) in [6, 6.07) is 0.957. The summed E-state index contributed by atoms with van der Waals surface area (Å²) in [5.41, 5.74) is -0.402. The van der Waals surface area contributed by atoms with Crippen LogP contribution in [0.5, 0.6) is 11.6 Å². The van der Waals surface area contributed by atoms with Crippen LogP contribution in [0.1, 0.15) is 12.0 Å². The van der Waals surface area contributed by atoms with E-state index in [0.717, 1.165) is 6.07 Å². The van der Waals surface area contributed by atoms with Crippen molar-refractivity contribution in [2.75, 3.05) is 7.11 Å². The quantitative estimate of drug-likeness (QED) is 0.673. The highest BCUT2D eigenvalue weighted by atomic mass is 127. The fourth-order valence-electron chi connectivity index (χ4n) is 0.799. The van der Waals surface area contributed by atoms with E-state index in [1.807, 2.05) is 0 Å². The van der Waals surface area contributed by atoms with Crippen LogP contribution in [0.15, 0.2) is 6.07 Å². The summed E-state index contributed by atoms with van der Waals surface area (Å²) in [4.78, 5) is 3.65. The first-order chi connectivity index (χ1) is 6.06. The zero-order valence-corrected chi connectivity index (χ0v) is 8.75. The molecule has 0 saturated heterocycles. The van der Waals surface area contributed by atoms with E-state index < -0.39 is 12.0 Å². The molecule has 0 aliphatic carbocycles. The molecule has 3 nitrogen and oxygen atoms in total. The predicted octanol–water partition coefficient (Wildman–Crippen LogP) is 2.34.